The maximum absolute atomic E-state index is 12.7. The van der Waals surface area contributed by atoms with Crippen molar-refractivity contribution >= 4 is 45.6 Å². The average Bonchev–Trinajstić information content (AvgIpc) is 3.22. The SMILES string of the molecule is CSCC(NC(=O)Cc1c(C)c2c(cc(C)c3c(-c4ccccc4)coc32)oc1=O)C(=O)O. The molecule has 2 N–H and O–H groups in total. The lowest BCUT2D eigenvalue weighted by Crippen LogP contribution is -2.43. The van der Waals surface area contributed by atoms with Gasteiger partial charge in [-0.1, -0.05) is 30.3 Å². The summed E-state index contributed by atoms with van der Waals surface area (Å²) < 4.78 is 11.5. The summed E-state index contributed by atoms with van der Waals surface area (Å²) in [6, 6.07) is 10.6. The van der Waals surface area contributed by atoms with Crippen molar-refractivity contribution in [3.8, 4) is 11.1 Å². The van der Waals surface area contributed by atoms with Gasteiger partial charge in [-0.15, -0.1) is 0 Å². The van der Waals surface area contributed by atoms with E-state index in [1.165, 1.54) is 11.8 Å². The number of furan rings is 1. The van der Waals surface area contributed by atoms with Gasteiger partial charge < -0.3 is 19.3 Å². The van der Waals surface area contributed by atoms with Crippen LogP contribution < -0.4 is 10.9 Å². The Morgan fingerprint density at radius 3 is 2.55 bits per heavy atom. The zero-order chi connectivity index (χ0) is 23.7. The summed E-state index contributed by atoms with van der Waals surface area (Å²) in [6.07, 6.45) is 3.15. The fraction of sp³-hybridized carbons (Fsp3) is 0.240. The van der Waals surface area contributed by atoms with Gasteiger partial charge >= 0.3 is 11.6 Å². The van der Waals surface area contributed by atoms with Crippen molar-refractivity contribution in [3.63, 3.8) is 0 Å². The molecule has 170 valence electrons. The van der Waals surface area contributed by atoms with Gasteiger partial charge in [0.15, 0.2) is 0 Å². The quantitative estimate of drug-likeness (QED) is 0.392. The number of nitrogens with one attached hydrogen (secondary N) is 1. The van der Waals surface area contributed by atoms with Crippen LogP contribution in [0.2, 0.25) is 0 Å². The normalized spacial score (nSPS) is 12.2. The van der Waals surface area contributed by atoms with Crippen LogP contribution in [0.25, 0.3) is 33.1 Å². The number of aryl methyl sites for hydroxylation is 2. The molecule has 4 aromatic rings. The van der Waals surface area contributed by atoms with Crippen LogP contribution in [0.5, 0.6) is 0 Å². The highest BCUT2D eigenvalue weighted by atomic mass is 32.2. The second kappa shape index (κ2) is 9.15. The molecule has 0 saturated heterocycles. The molecule has 2 aromatic heterocycles. The molecule has 8 heteroatoms. The fourth-order valence-corrected chi connectivity index (χ4v) is 4.63. The second-order valence-electron chi connectivity index (χ2n) is 7.87. The number of thioether (sulfide) groups is 1. The topological polar surface area (TPSA) is 110 Å². The van der Waals surface area contributed by atoms with Crippen LogP contribution in [0, 0.1) is 13.8 Å². The van der Waals surface area contributed by atoms with Gasteiger partial charge in [0.2, 0.25) is 5.91 Å². The molecule has 2 heterocycles. The number of carboxylic acid groups (broad SMARTS) is 1. The second-order valence-corrected chi connectivity index (χ2v) is 8.78. The van der Waals surface area contributed by atoms with Crippen LogP contribution >= 0.6 is 11.8 Å². The maximum atomic E-state index is 12.7. The van der Waals surface area contributed by atoms with E-state index in [-0.39, 0.29) is 17.7 Å². The predicted molar refractivity (Wildman–Crippen MR) is 129 cm³/mol. The number of hydrogen-bond acceptors (Lipinski definition) is 6. The van der Waals surface area contributed by atoms with Gasteiger partial charge in [0.25, 0.3) is 0 Å². The minimum absolute atomic E-state index is 0.177. The van der Waals surface area contributed by atoms with Crippen molar-refractivity contribution in [1.29, 1.82) is 0 Å². The number of fused-ring (bicyclic) bond motifs is 3. The van der Waals surface area contributed by atoms with Gasteiger partial charge in [0.05, 0.1) is 23.6 Å². The van der Waals surface area contributed by atoms with Crippen molar-refractivity contribution < 1.29 is 23.5 Å². The van der Waals surface area contributed by atoms with Crippen molar-refractivity contribution in [2.75, 3.05) is 12.0 Å². The Kier molecular flexibility index (Phi) is 6.29. The van der Waals surface area contributed by atoms with Crippen molar-refractivity contribution in [2.24, 2.45) is 0 Å². The van der Waals surface area contributed by atoms with Gasteiger partial charge in [-0.25, -0.2) is 9.59 Å². The molecule has 0 aliphatic carbocycles. The zero-order valence-electron chi connectivity index (χ0n) is 18.4. The summed E-state index contributed by atoms with van der Waals surface area (Å²) in [5, 5.41) is 13.3. The summed E-state index contributed by atoms with van der Waals surface area (Å²) in [5.41, 5.74) is 3.92. The fourth-order valence-electron chi connectivity index (χ4n) is 4.07. The van der Waals surface area contributed by atoms with Crippen LogP contribution in [-0.4, -0.2) is 35.0 Å². The van der Waals surface area contributed by atoms with E-state index < -0.39 is 23.5 Å². The minimum atomic E-state index is -1.12. The number of carbonyl (C=O) groups excluding carboxylic acids is 1. The summed E-state index contributed by atoms with van der Waals surface area (Å²) >= 11 is 1.31. The molecule has 0 bridgehead atoms. The van der Waals surface area contributed by atoms with E-state index in [2.05, 4.69) is 5.32 Å². The Morgan fingerprint density at radius 2 is 1.88 bits per heavy atom. The van der Waals surface area contributed by atoms with E-state index >= 15 is 0 Å². The van der Waals surface area contributed by atoms with Crippen LogP contribution in [-0.2, 0) is 16.0 Å². The van der Waals surface area contributed by atoms with E-state index in [1.807, 2.05) is 37.3 Å². The molecule has 7 nitrogen and oxygen atoms in total. The highest BCUT2D eigenvalue weighted by Gasteiger charge is 2.23. The molecule has 1 amide bonds. The third-order valence-corrected chi connectivity index (χ3v) is 6.34. The molecule has 0 radical (unpaired) electrons. The Bertz CT molecular complexity index is 1420. The molecule has 0 aliphatic heterocycles. The van der Waals surface area contributed by atoms with E-state index in [4.69, 9.17) is 8.83 Å². The van der Waals surface area contributed by atoms with Crippen molar-refractivity contribution in [1.82, 2.24) is 5.32 Å². The maximum Gasteiger partial charge on any atom is 0.340 e. The van der Waals surface area contributed by atoms with Gasteiger partial charge in [-0.2, -0.15) is 11.8 Å². The van der Waals surface area contributed by atoms with Crippen LogP contribution in [0.15, 0.2) is 56.3 Å². The Hall–Kier alpha value is -3.52. The van der Waals surface area contributed by atoms with Gasteiger partial charge in [0.1, 0.15) is 17.2 Å². The Balaban J connectivity index is 1.81. The first-order valence-electron chi connectivity index (χ1n) is 10.4. The summed E-state index contributed by atoms with van der Waals surface area (Å²) in [5.74, 6) is -1.46. The van der Waals surface area contributed by atoms with Crippen LogP contribution in [0.1, 0.15) is 16.7 Å². The third kappa shape index (κ3) is 4.26. The number of rotatable bonds is 7. The first-order chi connectivity index (χ1) is 15.8. The van der Waals surface area contributed by atoms with E-state index in [0.717, 1.165) is 22.1 Å². The lowest BCUT2D eigenvalue weighted by Gasteiger charge is -2.14. The summed E-state index contributed by atoms with van der Waals surface area (Å²) in [7, 11) is 0. The minimum Gasteiger partial charge on any atom is -0.480 e. The van der Waals surface area contributed by atoms with E-state index in [1.54, 1.807) is 25.5 Å². The van der Waals surface area contributed by atoms with Crippen molar-refractivity contribution in [3.05, 3.63) is 69.8 Å². The highest BCUT2D eigenvalue weighted by Crippen LogP contribution is 2.38. The molecule has 0 spiro atoms. The highest BCUT2D eigenvalue weighted by molar-refractivity contribution is 7.98. The third-order valence-electron chi connectivity index (χ3n) is 5.67. The Morgan fingerprint density at radius 1 is 1.15 bits per heavy atom. The zero-order valence-corrected chi connectivity index (χ0v) is 19.2. The van der Waals surface area contributed by atoms with Crippen LogP contribution in [0.4, 0.5) is 0 Å². The number of aliphatic carboxylic acids is 1. The summed E-state index contributed by atoms with van der Waals surface area (Å²) in [6.45, 7) is 3.68. The lowest BCUT2D eigenvalue weighted by molar-refractivity contribution is -0.141. The Labute approximate surface area is 193 Å². The first kappa shape index (κ1) is 22.7. The monoisotopic (exact) mass is 465 g/mol. The molecule has 1 atom stereocenters. The largest absolute Gasteiger partial charge is 0.480 e. The molecule has 1 unspecified atom stereocenters. The molecule has 4 rings (SSSR count). The van der Waals surface area contributed by atoms with Gasteiger partial charge in [-0.3, -0.25) is 4.79 Å². The lowest BCUT2D eigenvalue weighted by atomic mass is 9.96. The number of benzene rings is 2. The van der Waals surface area contributed by atoms with Gasteiger partial charge in [-0.05, 0) is 42.9 Å². The number of hydrogen-bond donors (Lipinski definition) is 2. The molecule has 0 aliphatic rings. The summed E-state index contributed by atoms with van der Waals surface area (Å²) in [4.78, 5) is 36.6. The standard InChI is InChI=1S/C25H23NO6S/c1-13-9-19-22(23-21(13)17(11-31-23)15-7-5-4-6-8-15)14(2)16(25(30)32-19)10-20(27)26-18(12-33-3)24(28)29/h4-9,11,18H,10,12H2,1-3H3,(H,26,27)(H,28,29). The molecular formula is C25H23NO6S. The molecule has 0 fully saturated rings. The predicted octanol–water partition coefficient (Wildman–Crippen LogP) is 4.30. The number of carboxylic acids is 1. The molecule has 33 heavy (non-hydrogen) atoms. The average molecular weight is 466 g/mol. The smallest absolute Gasteiger partial charge is 0.340 e. The van der Waals surface area contributed by atoms with E-state index in [9.17, 15) is 19.5 Å². The van der Waals surface area contributed by atoms with E-state index in [0.29, 0.717) is 22.1 Å². The first-order valence-corrected chi connectivity index (χ1v) is 11.7. The van der Waals surface area contributed by atoms with Crippen LogP contribution in [0.3, 0.4) is 0 Å². The molecular weight excluding hydrogens is 442 g/mol. The number of carbonyl (C=O) groups is 2. The number of amides is 1. The molecule has 0 saturated carbocycles. The molecule has 2 aromatic carbocycles. The van der Waals surface area contributed by atoms with Crippen molar-refractivity contribution in [2.45, 2.75) is 26.3 Å². The van der Waals surface area contributed by atoms with Gasteiger partial charge in [0, 0.05) is 16.7 Å².